The highest BCUT2D eigenvalue weighted by molar-refractivity contribution is 7.17. The first-order valence-electron chi connectivity index (χ1n) is 8.58. The van der Waals surface area contributed by atoms with E-state index in [2.05, 4.69) is 20.3 Å². The number of rotatable bonds is 6. The second-order valence-corrected chi connectivity index (χ2v) is 6.67. The van der Waals surface area contributed by atoms with E-state index < -0.39 is 5.97 Å². The Balaban J connectivity index is 1.68. The van der Waals surface area contributed by atoms with Gasteiger partial charge in [0.1, 0.15) is 4.88 Å². The summed E-state index contributed by atoms with van der Waals surface area (Å²) < 4.78 is 4.84. The molecule has 0 bridgehead atoms. The van der Waals surface area contributed by atoms with E-state index in [-0.39, 0.29) is 5.91 Å². The lowest BCUT2D eigenvalue weighted by Crippen LogP contribution is -2.11. The molecular weight excluding hydrogens is 376 g/mol. The number of thiazole rings is 1. The van der Waals surface area contributed by atoms with Gasteiger partial charge in [-0.1, -0.05) is 12.1 Å². The van der Waals surface area contributed by atoms with Crippen molar-refractivity contribution in [3.63, 3.8) is 0 Å². The van der Waals surface area contributed by atoms with Gasteiger partial charge >= 0.3 is 5.97 Å². The van der Waals surface area contributed by atoms with Crippen molar-refractivity contribution < 1.29 is 14.3 Å². The number of carbonyl (C=O) groups is 2. The van der Waals surface area contributed by atoms with Crippen LogP contribution in [0.15, 0.2) is 48.8 Å². The van der Waals surface area contributed by atoms with Crippen LogP contribution in [0.1, 0.15) is 27.9 Å². The van der Waals surface area contributed by atoms with Crippen molar-refractivity contribution in [3.8, 4) is 10.8 Å². The van der Waals surface area contributed by atoms with Crippen LogP contribution < -0.4 is 5.32 Å². The molecule has 28 heavy (non-hydrogen) atoms. The van der Waals surface area contributed by atoms with Gasteiger partial charge in [-0.2, -0.15) is 0 Å². The van der Waals surface area contributed by atoms with E-state index in [0.29, 0.717) is 33.7 Å². The lowest BCUT2D eigenvalue weighted by atomic mass is 10.2. The number of carbonyl (C=O) groups excluding carboxylic acids is 2. The zero-order chi connectivity index (χ0) is 19.9. The average Bonchev–Trinajstić information content (AvgIpc) is 3.10. The van der Waals surface area contributed by atoms with E-state index in [1.165, 1.54) is 17.4 Å². The average molecular weight is 394 g/mol. The monoisotopic (exact) mass is 394 g/mol. The van der Waals surface area contributed by atoms with Crippen molar-refractivity contribution in [1.29, 1.82) is 0 Å². The van der Waals surface area contributed by atoms with Gasteiger partial charge in [0, 0.05) is 24.2 Å². The fraction of sp³-hybridized carbons (Fsp3) is 0.150. The Bertz CT molecular complexity index is 998. The zero-order valence-electron chi connectivity index (χ0n) is 15.4. The molecule has 0 atom stereocenters. The van der Waals surface area contributed by atoms with E-state index in [0.717, 1.165) is 5.56 Å². The van der Waals surface area contributed by atoms with Crippen LogP contribution in [0.25, 0.3) is 16.9 Å². The topological polar surface area (TPSA) is 94.1 Å². The summed E-state index contributed by atoms with van der Waals surface area (Å²) in [6, 6.07) is 8.85. The molecular formula is C20H18N4O3S. The van der Waals surface area contributed by atoms with E-state index in [9.17, 15) is 9.59 Å². The van der Waals surface area contributed by atoms with Gasteiger partial charge in [0.2, 0.25) is 0 Å². The molecule has 7 nitrogen and oxygen atoms in total. The first-order chi connectivity index (χ1) is 13.6. The molecule has 2 aromatic heterocycles. The second kappa shape index (κ2) is 9.01. The third-order valence-corrected chi connectivity index (χ3v) is 4.78. The van der Waals surface area contributed by atoms with E-state index in [1.807, 2.05) is 0 Å². The molecule has 0 saturated carbocycles. The number of anilines is 1. The molecule has 0 aliphatic carbocycles. The Morgan fingerprint density at radius 2 is 1.89 bits per heavy atom. The number of nitrogens with zero attached hydrogens (tertiary/aromatic N) is 3. The van der Waals surface area contributed by atoms with Gasteiger partial charge in [-0.25, -0.2) is 19.7 Å². The summed E-state index contributed by atoms with van der Waals surface area (Å²) in [6.45, 7) is 3.87. The van der Waals surface area contributed by atoms with E-state index in [4.69, 9.17) is 4.74 Å². The second-order valence-electron chi connectivity index (χ2n) is 5.67. The number of hydrogen-bond donors (Lipinski definition) is 1. The van der Waals surface area contributed by atoms with Crippen LogP contribution >= 0.6 is 11.3 Å². The predicted molar refractivity (Wildman–Crippen MR) is 108 cm³/mol. The number of aryl methyl sites for hydroxylation is 1. The maximum Gasteiger partial charge on any atom is 0.330 e. The number of esters is 1. The predicted octanol–water partition coefficient (Wildman–Crippen LogP) is 3.74. The molecule has 1 amide bonds. The molecule has 8 heteroatoms. The highest BCUT2D eigenvalue weighted by atomic mass is 32.1. The lowest BCUT2D eigenvalue weighted by Gasteiger charge is -2.04. The molecule has 0 radical (unpaired) electrons. The first kappa shape index (κ1) is 19.4. The van der Waals surface area contributed by atoms with Gasteiger partial charge in [0.25, 0.3) is 5.91 Å². The van der Waals surface area contributed by atoms with Crippen LogP contribution in [0, 0.1) is 6.92 Å². The van der Waals surface area contributed by atoms with Crippen molar-refractivity contribution in [2.45, 2.75) is 13.8 Å². The lowest BCUT2D eigenvalue weighted by molar-refractivity contribution is -0.137. The summed E-state index contributed by atoms with van der Waals surface area (Å²) in [5.74, 6) is -0.141. The molecule has 3 rings (SSSR count). The van der Waals surface area contributed by atoms with Gasteiger partial charge in [0.15, 0.2) is 10.8 Å². The van der Waals surface area contributed by atoms with Crippen molar-refractivity contribution >= 4 is 35.0 Å². The van der Waals surface area contributed by atoms with E-state index >= 15 is 0 Å². The van der Waals surface area contributed by atoms with E-state index in [1.54, 1.807) is 62.6 Å². The fourth-order valence-electron chi connectivity index (χ4n) is 2.33. The number of hydrogen-bond acceptors (Lipinski definition) is 7. The van der Waals surface area contributed by atoms with Gasteiger partial charge in [-0.15, -0.1) is 11.3 Å². The summed E-state index contributed by atoms with van der Waals surface area (Å²) >= 11 is 1.25. The van der Waals surface area contributed by atoms with Crippen LogP contribution in [0.2, 0.25) is 0 Å². The van der Waals surface area contributed by atoms with Crippen molar-refractivity contribution in [1.82, 2.24) is 15.0 Å². The van der Waals surface area contributed by atoms with Gasteiger partial charge in [-0.3, -0.25) is 4.79 Å². The fourth-order valence-corrected chi connectivity index (χ4v) is 3.24. The normalized spacial score (nSPS) is 10.8. The molecule has 0 fully saturated rings. The minimum atomic E-state index is -0.390. The van der Waals surface area contributed by atoms with Crippen molar-refractivity contribution in [3.05, 3.63) is 64.9 Å². The third kappa shape index (κ3) is 4.86. The smallest absolute Gasteiger partial charge is 0.330 e. The number of amides is 1. The molecule has 0 spiro atoms. The zero-order valence-corrected chi connectivity index (χ0v) is 16.2. The van der Waals surface area contributed by atoms with Gasteiger partial charge in [-0.05, 0) is 43.7 Å². The Labute approximate surface area is 166 Å². The van der Waals surface area contributed by atoms with Crippen LogP contribution in [0.4, 0.5) is 5.69 Å². The van der Waals surface area contributed by atoms with Crippen molar-refractivity contribution in [2.75, 3.05) is 11.9 Å². The van der Waals surface area contributed by atoms with Crippen LogP contribution in [-0.2, 0) is 9.53 Å². The number of nitrogens with one attached hydrogen (secondary N) is 1. The van der Waals surface area contributed by atoms with Gasteiger partial charge < -0.3 is 10.1 Å². The molecule has 0 unspecified atom stereocenters. The molecule has 0 saturated heterocycles. The molecule has 0 aliphatic rings. The van der Waals surface area contributed by atoms with Crippen LogP contribution in [-0.4, -0.2) is 33.4 Å². The van der Waals surface area contributed by atoms with Crippen LogP contribution in [0.5, 0.6) is 0 Å². The Hall–Kier alpha value is -3.39. The molecule has 3 aromatic rings. The highest BCUT2D eigenvalue weighted by Crippen LogP contribution is 2.26. The third-order valence-electron chi connectivity index (χ3n) is 3.63. The quantitative estimate of drug-likeness (QED) is 0.506. The minimum Gasteiger partial charge on any atom is -0.463 e. The van der Waals surface area contributed by atoms with Crippen LogP contribution in [0.3, 0.4) is 0 Å². The largest absolute Gasteiger partial charge is 0.463 e. The number of benzene rings is 1. The number of ether oxygens (including phenoxy) is 1. The summed E-state index contributed by atoms with van der Waals surface area (Å²) in [6.07, 6.45) is 6.29. The summed E-state index contributed by atoms with van der Waals surface area (Å²) in [5.41, 5.74) is 2.09. The molecule has 2 heterocycles. The molecule has 1 N–H and O–H groups in total. The summed E-state index contributed by atoms with van der Waals surface area (Å²) in [4.78, 5) is 37.2. The SMILES string of the molecule is CCOC(=O)/C=C/c1ccc(NC(=O)c2sc(-c3ncccn3)nc2C)cc1. The molecule has 142 valence electrons. The molecule has 1 aromatic carbocycles. The number of aromatic nitrogens is 3. The maximum atomic E-state index is 12.6. The minimum absolute atomic E-state index is 0.244. The van der Waals surface area contributed by atoms with Crippen molar-refractivity contribution in [2.24, 2.45) is 0 Å². The van der Waals surface area contributed by atoms with Gasteiger partial charge in [0.05, 0.1) is 12.3 Å². The summed E-state index contributed by atoms with van der Waals surface area (Å²) in [5, 5.41) is 3.45. The molecule has 0 aliphatic heterocycles. The standard InChI is InChI=1S/C20H18N4O3S/c1-3-27-16(25)10-7-14-5-8-15(9-6-14)24-19(26)17-13(2)23-20(28-17)18-21-11-4-12-22-18/h4-12H,3H2,1-2H3,(H,24,26)/b10-7+. The summed E-state index contributed by atoms with van der Waals surface area (Å²) in [7, 11) is 0. The Morgan fingerprint density at radius 1 is 1.18 bits per heavy atom. The Morgan fingerprint density at radius 3 is 2.57 bits per heavy atom. The maximum absolute atomic E-state index is 12.6. The first-order valence-corrected chi connectivity index (χ1v) is 9.39. The highest BCUT2D eigenvalue weighted by Gasteiger charge is 2.17. The Kier molecular flexibility index (Phi) is 6.23.